The summed E-state index contributed by atoms with van der Waals surface area (Å²) in [5.41, 5.74) is 2.16. The molecule has 8 heteroatoms. The smallest absolute Gasteiger partial charge is 0.436 e. The molecule has 0 radical (unpaired) electrons. The molecule has 1 aromatic heterocycles. The van der Waals surface area contributed by atoms with Crippen LogP contribution in [-0.2, 0) is 4.79 Å². The highest BCUT2D eigenvalue weighted by Crippen LogP contribution is 2.35. The van der Waals surface area contributed by atoms with Crippen LogP contribution in [0, 0.1) is 6.92 Å². The molecule has 4 rings (SSSR count). The number of oxazole rings is 1. The van der Waals surface area contributed by atoms with Gasteiger partial charge in [-0.1, -0.05) is 35.9 Å². The van der Waals surface area contributed by atoms with Crippen molar-refractivity contribution in [1.82, 2.24) is 4.98 Å². The second kappa shape index (κ2) is 6.77. The molecule has 0 saturated heterocycles. The van der Waals surface area contributed by atoms with Gasteiger partial charge in [0.1, 0.15) is 5.52 Å². The molecule has 0 aliphatic carbocycles. The average Bonchev–Trinajstić information content (AvgIpc) is 3.10. The monoisotopic (exact) mass is 418 g/mol. The highest BCUT2D eigenvalue weighted by Gasteiger charge is 2.41. The number of halogens is 4. The largest absolute Gasteiger partial charge is 0.471 e. The lowest BCUT2D eigenvalue weighted by molar-refractivity contribution is -0.170. The summed E-state index contributed by atoms with van der Waals surface area (Å²) in [4.78, 5) is 16.6. The van der Waals surface area contributed by atoms with Gasteiger partial charge in [-0.25, -0.2) is 4.98 Å². The minimum atomic E-state index is -4.96. The molecular formula is C21H14ClF3N2O2. The van der Waals surface area contributed by atoms with Crippen LogP contribution in [0.4, 0.5) is 18.9 Å². The van der Waals surface area contributed by atoms with Crippen molar-refractivity contribution in [2.75, 3.05) is 11.9 Å². The molecule has 1 amide bonds. The first kappa shape index (κ1) is 19.3. The highest BCUT2D eigenvalue weighted by molar-refractivity contribution is 6.35. The summed E-state index contributed by atoms with van der Waals surface area (Å²) < 4.78 is 44.2. The van der Waals surface area contributed by atoms with Crippen LogP contribution in [0.25, 0.3) is 33.3 Å². The van der Waals surface area contributed by atoms with Crippen LogP contribution in [0.15, 0.2) is 52.9 Å². The van der Waals surface area contributed by atoms with E-state index < -0.39 is 12.1 Å². The Bertz CT molecular complexity index is 1260. The summed E-state index contributed by atoms with van der Waals surface area (Å²) in [6, 6.07) is 13.9. The van der Waals surface area contributed by atoms with Crippen LogP contribution < -0.4 is 4.90 Å². The highest BCUT2D eigenvalue weighted by atomic mass is 35.5. The second-order valence-corrected chi connectivity index (χ2v) is 7.04. The minimum Gasteiger partial charge on any atom is -0.436 e. The molecule has 148 valence electrons. The van der Waals surface area contributed by atoms with Crippen molar-refractivity contribution in [3.8, 4) is 11.5 Å². The van der Waals surface area contributed by atoms with E-state index in [9.17, 15) is 18.0 Å². The Balaban J connectivity index is 1.85. The first-order chi connectivity index (χ1) is 13.7. The molecule has 0 saturated carbocycles. The second-order valence-electron chi connectivity index (χ2n) is 6.63. The number of alkyl halides is 3. The van der Waals surface area contributed by atoms with Crippen molar-refractivity contribution >= 4 is 45.1 Å². The Labute approximate surface area is 168 Å². The van der Waals surface area contributed by atoms with Gasteiger partial charge in [0.15, 0.2) is 5.58 Å². The van der Waals surface area contributed by atoms with Crippen molar-refractivity contribution in [2.45, 2.75) is 13.1 Å². The van der Waals surface area contributed by atoms with Gasteiger partial charge in [0.2, 0.25) is 5.89 Å². The Morgan fingerprint density at radius 2 is 1.79 bits per heavy atom. The Morgan fingerprint density at radius 3 is 2.52 bits per heavy atom. The third-order valence-electron chi connectivity index (χ3n) is 4.69. The number of rotatable bonds is 2. The fourth-order valence-corrected chi connectivity index (χ4v) is 3.49. The molecule has 0 N–H and O–H groups in total. The molecule has 4 aromatic rings. The minimum absolute atomic E-state index is 0.0816. The number of nitrogens with zero attached hydrogens (tertiary/aromatic N) is 2. The summed E-state index contributed by atoms with van der Waals surface area (Å²) in [5.74, 6) is -1.64. The van der Waals surface area contributed by atoms with Crippen LogP contribution in [0.3, 0.4) is 0 Å². The predicted octanol–water partition coefficient (Wildman–Crippen LogP) is 6.13. The molecule has 0 aliphatic heterocycles. The number of carbonyl (C=O) groups is 1. The van der Waals surface area contributed by atoms with Gasteiger partial charge in [-0.3, -0.25) is 4.79 Å². The Hall–Kier alpha value is -3.06. The van der Waals surface area contributed by atoms with E-state index in [1.165, 1.54) is 12.1 Å². The van der Waals surface area contributed by atoms with E-state index in [1.807, 2.05) is 30.3 Å². The summed E-state index contributed by atoms with van der Waals surface area (Å²) >= 11 is 6.26. The van der Waals surface area contributed by atoms with Crippen LogP contribution in [0.2, 0.25) is 5.02 Å². The van der Waals surface area contributed by atoms with Crippen LogP contribution >= 0.6 is 11.6 Å². The van der Waals surface area contributed by atoms with Crippen LogP contribution in [0.1, 0.15) is 5.56 Å². The molecule has 29 heavy (non-hydrogen) atoms. The number of benzene rings is 3. The van der Waals surface area contributed by atoms with Crippen molar-refractivity contribution in [1.29, 1.82) is 0 Å². The van der Waals surface area contributed by atoms with Gasteiger partial charge in [-0.15, -0.1) is 0 Å². The third kappa shape index (κ3) is 3.31. The number of fused-ring (bicyclic) bond motifs is 2. The molecule has 0 aliphatic rings. The zero-order valence-corrected chi connectivity index (χ0v) is 16.1. The Kier molecular flexibility index (Phi) is 4.50. The molecule has 4 nitrogen and oxygen atoms in total. The number of aryl methyl sites for hydroxylation is 1. The lowest BCUT2D eigenvalue weighted by atomic mass is 10.0. The van der Waals surface area contributed by atoms with E-state index in [-0.39, 0.29) is 5.69 Å². The number of anilines is 1. The number of hydrogen-bond acceptors (Lipinski definition) is 3. The van der Waals surface area contributed by atoms with E-state index in [4.69, 9.17) is 16.0 Å². The van der Waals surface area contributed by atoms with E-state index in [2.05, 4.69) is 4.98 Å². The molecule has 0 bridgehead atoms. The molecule has 3 aromatic carbocycles. The first-order valence-electron chi connectivity index (χ1n) is 8.60. The van der Waals surface area contributed by atoms with Gasteiger partial charge in [-0.2, -0.15) is 13.2 Å². The SMILES string of the molecule is Cc1cc(N(C)C(=O)C(F)(F)F)cc2nc(-c3cccc4c(Cl)cccc34)oc12. The number of aromatic nitrogens is 1. The third-order valence-corrected chi connectivity index (χ3v) is 5.02. The number of hydrogen-bond donors (Lipinski definition) is 0. The predicted molar refractivity (Wildman–Crippen MR) is 106 cm³/mol. The zero-order valence-electron chi connectivity index (χ0n) is 15.3. The van der Waals surface area contributed by atoms with Crippen molar-refractivity contribution in [3.63, 3.8) is 0 Å². The van der Waals surface area contributed by atoms with Crippen molar-refractivity contribution in [3.05, 3.63) is 59.1 Å². The first-order valence-corrected chi connectivity index (χ1v) is 8.98. The van der Waals surface area contributed by atoms with Gasteiger partial charge in [0.25, 0.3) is 0 Å². The van der Waals surface area contributed by atoms with Gasteiger partial charge in [-0.05, 0) is 42.1 Å². The fraction of sp³-hybridized carbons (Fsp3) is 0.143. The topological polar surface area (TPSA) is 46.3 Å². The lowest BCUT2D eigenvalue weighted by Gasteiger charge is -2.19. The van der Waals surface area contributed by atoms with Gasteiger partial charge in [0.05, 0.1) is 0 Å². The van der Waals surface area contributed by atoms with Crippen molar-refractivity contribution in [2.24, 2.45) is 0 Å². The normalized spacial score (nSPS) is 11.9. The fourth-order valence-electron chi connectivity index (χ4n) is 3.26. The number of carbonyl (C=O) groups excluding carboxylic acids is 1. The maximum Gasteiger partial charge on any atom is 0.471 e. The lowest BCUT2D eigenvalue weighted by Crippen LogP contribution is -2.38. The van der Waals surface area contributed by atoms with Crippen molar-refractivity contribution < 1.29 is 22.4 Å². The molecule has 0 spiro atoms. The van der Waals surface area contributed by atoms with Gasteiger partial charge >= 0.3 is 12.1 Å². The summed E-state index contributed by atoms with van der Waals surface area (Å²) in [6.45, 7) is 1.69. The molecule has 0 unspecified atom stereocenters. The van der Waals surface area contributed by atoms with Crippen LogP contribution in [0.5, 0.6) is 0 Å². The summed E-state index contributed by atoms with van der Waals surface area (Å²) in [7, 11) is 1.07. The van der Waals surface area contributed by atoms with Crippen LogP contribution in [-0.4, -0.2) is 24.1 Å². The maximum absolute atomic E-state index is 12.8. The molecule has 0 atom stereocenters. The maximum atomic E-state index is 12.8. The van der Waals surface area contributed by atoms with Gasteiger partial charge < -0.3 is 9.32 Å². The summed E-state index contributed by atoms with van der Waals surface area (Å²) in [5, 5.41) is 2.27. The van der Waals surface area contributed by atoms with Gasteiger partial charge in [0, 0.05) is 28.7 Å². The molecular weight excluding hydrogens is 405 g/mol. The number of amides is 1. The quantitative estimate of drug-likeness (QED) is 0.393. The van der Waals surface area contributed by atoms with E-state index in [0.29, 0.717) is 38.0 Å². The molecule has 1 heterocycles. The Morgan fingerprint density at radius 1 is 1.10 bits per heavy atom. The standard InChI is InChI=1S/C21H14ClF3N2O2/c1-11-9-12(27(2)20(28)21(23,24)25)10-17-18(11)29-19(26-17)15-7-3-6-14-13(15)5-4-8-16(14)22/h3-10H,1-2H3. The average molecular weight is 419 g/mol. The molecule has 0 fully saturated rings. The summed E-state index contributed by atoms with van der Waals surface area (Å²) in [6.07, 6.45) is -4.96. The van der Waals surface area contributed by atoms with E-state index in [1.54, 1.807) is 13.0 Å². The zero-order chi connectivity index (χ0) is 20.9. The van der Waals surface area contributed by atoms with E-state index >= 15 is 0 Å². The van der Waals surface area contributed by atoms with E-state index in [0.717, 1.165) is 17.8 Å².